The molecule has 0 amide bonds. The first-order valence-corrected chi connectivity index (χ1v) is 7.21. The predicted molar refractivity (Wildman–Crippen MR) is 72.5 cm³/mol. The highest BCUT2D eigenvalue weighted by molar-refractivity contribution is 5.37. The molecule has 1 N–H and O–H groups in total. The Morgan fingerprint density at radius 1 is 1.29 bits per heavy atom. The van der Waals surface area contributed by atoms with Gasteiger partial charge in [-0.3, -0.25) is 0 Å². The van der Waals surface area contributed by atoms with Crippen LogP contribution in [0.25, 0.3) is 0 Å². The van der Waals surface area contributed by atoms with Crippen LogP contribution in [-0.2, 0) is 12.8 Å². The van der Waals surface area contributed by atoms with Gasteiger partial charge in [0.2, 0.25) is 0 Å². The second-order valence-electron chi connectivity index (χ2n) is 5.65. The maximum atomic E-state index is 3.51. The molecule has 1 saturated heterocycles. The predicted octanol–water partition coefficient (Wildman–Crippen LogP) is 3.28. The zero-order valence-electron chi connectivity index (χ0n) is 10.8. The standard InChI is InChI=1S/C16H23N/c1-2-16(15-8-9-17-11-15)14-7-6-12-4-3-5-13(12)10-14/h6-7,10,15-17H,2-5,8-9,11H2,1H3. The van der Waals surface area contributed by atoms with Gasteiger partial charge in [-0.2, -0.15) is 0 Å². The van der Waals surface area contributed by atoms with E-state index in [-0.39, 0.29) is 0 Å². The summed E-state index contributed by atoms with van der Waals surface area (Å²) in [6, 6.07) is 7.30. The first-order valence-electron chi connectivity index (χ1n) is 7.21. The van der Waals surface area contributed by atoms with Crippen molar-refractivity contribution in [1.82, 2.24) is 5.32 Å². The molecule has 1 nitrogen and oxygen atoms in total. The summed E-state index contributed by atoms with van der Waals surface area (Å²) in [5.41, 5.74) is 4.84. The second-order valence-corrected chi connectivity index (χ2v) is 5.65. The van der Waals surface area contributed by atoms with Crippen molar-refractivity contribution >= 4 is 0 Å². The largest absolute Gasteiger partial charge is 0.316 e. The minimum absolute atomic E-state index is 0.774. The maximum absolute atomic E-state index is 3.51. The molecule has 1 aliphatic heterocycles. The molecule has 3 rings (SSSR count). The lowest BCUT2D eigenvalue weighted by Crippen LogP contribution is -2.16. The summed E-state index contributed by atoms with van der Waals surface area (Å²) in [6.45, 7) is 4.78. The smallest absolute Gasteiger partial charge is 0.00142 e. The molecule has 1 aromatic carbocycles. The average Bonchev–Trinajstić information content (AvgIpc) is 2.99. The van der Waals surface area contributed by atoms with Crippen molar-refractivity contribution in [2.45, 2.75) is 44.9 Å². The number of fused-ring (bicyclic) bond motifs is 1. The summed E-state index contributed by atoms with van der Waals surface area (Å²) in [4.78, 5) is 0. The van der Waals surface area contributed by atoms with E-state index in [4.69, 9.17) is 0 Å². The van der Waals surface area contributed by atoms with Gasteiger partial charge in [0, 0.05) is 0 Å². The molecule has 0 bridgehead atoms. The third-order valence-corrected chi connectivity index (χ3v) is 4.66. The Labute approximate surface area is 105 Å². The van der Waals surface area contributed by atoms with Crippen molar-refractivity contribution in [2.75, 3.05) is 13.1 Å². The summed E-state index contributed by atoms with van der Waals surface area (Å²) >= 11 is 0. The molecular formula is C16H23N. The minimum Gasteiger partial charge on any atom is -0.316 e. The minimum atomic E-state index is 0.774. The Kier molecular flexibility index (Phi) is 3.19. The fourth-order valence-corrected chi connectivity index (χ4v) is 3.68. The van der Waals surface area contributed by atoms with Crippen LogP contribution in [0.15, 0.2) is 18.2 Å². The van der Waals surface area contributed by atoms with Crippen molar-refractivity contribution in [3.05, 3.63) is 34.9 Å². The first-order chi connectivity index (χ1) is 8.38. The molecule has 1 heteroatoms. The zero-order chi connectivity index (χ0) is 11.7. The Morgan fingerprint density at radius 3 is 2.94 bits per heavy atom. The average molecular weight is 229 g/mol. The van der Waals surface area contributed by atoms with E-state index in [9.17, 15) is 0 Å². The highest BCUT2D eigenvalue weighted by atomic mass is 14.9. The van der Waals surface area contributed by atoms with Crippen molar-refractivity contribution in [3.63, 3.8) is 0 Å². The molecule has 0 spiro atoms. The zero-order valence-corrected chi connectivity index (χ0v) is 10.8. The fourth-order valence-electron chi connectivity index (χ4n) is 3.68. The van der Waals surface area contributed by atoms with Crippen LogP contribution in [-0.4, -0.2) is 13.1 Å². The number of hydrogen-bond acceptors (Lipinski definition) is 1. The molecule has 0 aromatic heterocycles. The van der Waals surface area contributed by atoms with Gasteiger partial charge in [-0.15, -0.1) is 0 Å². The molecule has 2 unspecified atom stereocenters. The summed E-state index contributed by atoms with van der Waals surface area (Å²) in [6.07, 6.45) is 6.61. The highest BCUT2D eigenvalue weighted by Crippen LogP contribution is 2.34. The quantitative estimate of drug-likeness (QED) is 0.838. The van der Waals surface area contributed by atoms with Crippen molar-refractivity contribution in [3.8, 4) is 0 Å². The van der Waals surface area contributed by atoms with Crippen LogP contribution in [0, 0.1) is 5.92 Å². The van der Waals surface area contributed by atoms with Crippen LogP contribution in [0.1, 0.15) is 48.8 Å². The van der Waals surface area contributed by atoms with Crippen molar-refractivity contribution in [2.24, 2.45) is 5.92 Å². The summed E-state index contributed by atoms with van der Waals surface area (Å²) in [7, 11) is 0. The Bertz CT molecular complexity index is 391. The van der Waals surface area contributed by atoms with E-state index in [1.807, 2.05) is 0 Å². The van der Waals surface area contributed by atoms with Gasteiger partial charge in [-0.05, 0) is 73.7 Å². The van der Waals surface area contributed by atoms with Gasteiger partial charge < -0.3 is 5.32 Å². The first kappa shape index (κ1) is 11.3. The van der Waals surface area contributed by atoms with Gasteiger partial charge in [0.15, 0.2) is 0 Å². The van der Waals surface area contributed by atoms with Crippen LogP contribution >= 0.6 is 0 Å². The van der Waals surface area contributed by atoms with Gasteiger partial charge in [-0.25, -0.2) is 0 Å². The lowest BCUT2D eigenvalue weighted by Gasteiger charge is -2.22. The number of benzene rings is 1. The third kappa shape index (κ3) is 2.13. The van der Waals surface area contributed by atoms with Gasteiger partial charge >= 0.3 is 0 Å². The Hall–Kier alpha value is -0.820. The summed E-state index contributed by atoms with van der Waals surface area (Å²) in [5, 5.41) is 3.51. The van der Waals surface area contributed by atoms with Crippen molar-refractivity contribution < 1.29 is 0 Å². The molecular weight excluding hydrogens is 206 g/mol. The molecule has 1 aromatic rings. The Morgan fingerprint density at radius 2 is 2.18 bits per heavy atom. The summed E-state index contributed by atoms with van der Waals surface area (Å²) < 4.78 is 0. The van der Waals surface area contributed by atoms with E-state index in [0.717, 1.165) is 11.8 Å². The molecule has 92 valence electrons. The molecule has 0 radical (unpaired) electrons. The van der Waals surface area contributed by atoms with E-state index in [0.29, 0.717) is 0 Å². The van der Waals surface area contributed by atoms with E-state index in [1.165, 1.54) is 45.2 Å². The van der Waals surface area contributed by atoms with E-state index < -0.39 is 0 Å². The molecule has 2 aliphatic rings. The van der Waals surface area contributed by atoms with Crippen LogP contribution in [0.4, 0.5) is 0 Å². The topological polar surface area (TPSA) is 12.0 Å². The number of nitrogens with one attached hydrogen (secondary N) is 1. The number of aryl methyl sites for hydroxylation is 2. The van der Waals surface area contributed by atoms with Crippen LogP contribution in [0.5, 0.6) is 0 Å². The highest BCUT2D eigenvalue weighted by Gasteiger charge is 2.25. The lowest BCUT2D eigenvalue weighted by atomic mass is 9.82. The monoisotopic (exact) mass is 229 g/mol. The van der Waals surface area contributed by atoms with Crippen LogP contribution < -0.4 is 5.32 Å². The van der Waals surface area contributed by atoms with Crippen LogP contribution in [0.3, 0.4) is 0 Å². The molecule has 17 heavy (non-hydrogen) atoms. The number of hydrogen-bond donors (Lipinski definition) is 1. The molecule has 2 atom stereocenters. The van der Waals surface area contributed by atoms with Crippen molar-refractivity contribution in [1.29, 1.82) is 0 Å². The van der Waals surface area contributed by atoms with Crippen LogP contribution in [0.2, 0.25) is 0 Å². The van der Waals surface area contributed by atoms with E-state index >= 15 is 0 Å². The maximum Gasteiger partial charge on any atom is -0.00142 e. The van der Waals surface area contributed by atoms with Gasteiger partial charge in [0.05, 0.1) is 0 Å². The number of rotatable bonds is 3. The van der Waals surface area contributed by atoms with Gasteiger partial charge in [0.1, 0.15) is 0 Å². The second kappa shape index (κ2) is 4.81. The normalized spacial score (nSPS) is 24.9. The third-order valence-electron chi connectivity index (χ3n) is 4.66. The van der Waals surface area contributed by atoms with Gasteiger partial charge in [0.25, 0.3) is 0 Å². The van der Waals surface area contributed by atoms with E-state index in [1.54, 1.807) is 16.7 Å². The molecule has 1 aliphatic carbocycles. The fraction of sp³-hybridized carbons (Fsp3) is 0.625. The molecule has 1 heterocycles. The van der Waals surface area contributed by atoms with E-state index in [2.05, 4.69) is 30.4 Å². The SMILES string of the molecule is CCC(c1ccc2c(c1)CCC2)C1CCNC1. The molecule has 1 fully saturated rings. The lowest BCUT2D eigenvalue weighted by molar-refractivity contribution is 0.446. The Balaban J connectivity index is 1.85. The summed E-state index contributed by atoms with van der Waals surface area (Å²) in [5.74, 6) is 1.63. The van der Waals surface area contributed by atoms with Gasteiger partial charge in [-0.1, -0.05) is 25.1 Å². The molecule has 0 saturated carbocycles.